The third-order valence-electron chi connectivity index (χ3n) is 1.94. The van der Waals surface area contributed by atoms with Crippen LogP contribution in [0.15, 0.2) is 35.4 Å². The highest BCUT2D eigenvalue weighted by Gasteiger charge is 2.12. The van der Waals surface area contributed by atoms with Crippen LogP contribution in [0.4, 0.5) is 4.39 Å². The minimum atomic E-state index is -1.26. The van der Waals surface area contributed by atoms with Crippen molar-refractivity contribution in [2.24, 2.45) is 0 Å². The minimum Gasteiger partial charge on any atom is -0.486 e. The molecule has 0 heterocycles. The lowest BCUT2D eigenvalue weighted by Crippen LogP contribution is -2.17. The van der Waals surface area contributed by atoms with Crippen molar-refractivity contribution in [3.05, 3.63) is 52.7 Å². The summed E-state index contributed by atoms with van der Waals surface area (Å²) in [4.78, 5) is 13.6. The zero-order valence-electron chi connectivity index (χ0n) is 8.57. The fourth-order valence-corrected chi connectivity index (χ4v) is 1.18. The van der Waals surface area contributed by atoms with E-state index in [-0.39, 0.29) is 11.5 Å². The summed E-state index contributed by atoms with van der Waals surface area (Å²) in [6, 6.07) is 5.58. The number of carboxylic acid groups (broad SMARTS) is 1. The van der Waals surface area contributed by atoms with E-state index in [9.17, 15) is 9.18 Å². The van der Waals surface area contributed by atoms with Crippen LogP contribution in [0, 0.1) is 12.4 Å². The van der Waals surface area contributed by atoms with Crippen LogP contribution in [-0.4, -0.2) is 18.4 Å². The molecular formula is C11H8BFNO2. The van der Waals surface area contributed by atoms with Crippen molar-refractivity contribution in [1.29, 1.82) is 0 Å². The largest absolute Gasteiger partial charge is 0.486 e. The number of allylic oxidation sites excluding steroid dienone is 1. The Hall–Kier alpha value is -2.09. The van der Waals surface area contributed by atoms with Crippen molar-refractivity contribution in [1.82, 2.24) is 0 Å². The number of hydrogen-bond acceptors (Lipinski definition) is 1. The molecule has 5 heteroatoms. The maximum absolute atomic E-state index is 12.6. The van der Waals surface area contributed by atoms with Gasteiger partial charge in [0.25, 0.3) is 5.70 Å². The summed E-state index contributed by atoms with van der Waals surface area (Å²) in [6.45, 7) is 8.26. The molecule has 1 rings (SSSR count). The lowest BCUT2D eigenvalue weighted by molar-refractivity contribution is -0.132. The molecule has 0 aliphatic rings. The number of halogens is 1. The van der Waals surface area contributed by atoms with Crippen molar-refractivity contribution in [3.63, 3.8) is 0 Å². The van der Waals surface area contributed by atoms with Crippen molar-refractivity contribution in [3.8, 4) is 0 Å². The number of carbonyl (C=O) groups is 1. The molecular weight excluding hydrogens is 208 g/mol. The molecule has 0 amide bonds. The molecule has 0 fully saturated rings. The summed E-state index contributed by atoms with van der Waals surface area (Å²) < 4.78 is 12.6. The van der Waals surface area contributed by atoms with Gasteiger partial charge in [-0.25, -0.2) is 9.24 Å². The van der Waals surface area contributed by atoms with Gasteiger partial charge in [0.15, 0.2) is 7.28 Å². The third-order valence-corrected chi connectivity index (χ3v) is 1.94. The van der Waals surface area contributed by atoms with E-state index in [1.54, 1.807) is 0 Å². The van der Waals surface area contributed by atoms with Crippen molar-refractivity contribution < 1.29 is 14.3 Å². The first-order valence-electron chi connectivity index (χ1n) is 4.46. The molecule has 1 aromatic rings. The number of carboxylic acids is 1. The molecule has 0 saturated carbocycles. The zero-order chi connectivity index (χ0) is 12.1. The molecule has 0 aromatic heterocycles. The zero-order valence-corrected chi connectivity index (χ0v) is 8.57. The lowest BCUT2D eigenvalue weighted by Gasteiger charge is -2.01. The summed E-state index contributed by atoms with van der Waals surface area (Å²) in [6.07, 6.45) is 0. The van der Waals surface area contributed by atoms with E-state index in [1.807, 2.05) is 0 Å². The maximum atomic E-state index is 12.6. The molecule has 0 bridgehead atoms. The average Bonchev–Trinajstić information content (AvgIpc) is 2.22. The summed E-state index contributed by atoms with van der Waals surface area (Å²) in [5.74, 6) is -1.62. The van der Waals surface area contributed by atoms with Gasteiger partial charge in [0.05, 0.1) is 6.57 Å². The van der Waals surface area contributed by atoms with Gasteiger partial charge in [-0.2, -0.15) is 0 Å². The predicted octanol–water partition coefficient (Wildman–Crippen LogP) is 1.39. The van der Waals surface area contributed by atoms with Gasteiger partial charge in [-0.15, -0.1) is 0 Å². The molecule has 1 N–H and O–H groups in total. The van der Waals surface area contributed by atoms with Crippen molar-refractivity contribution in [2.75, 3.05) is 0 Å². The van der Waals surface area contributed by atoms with Crippen LogP contribution in [0.3, 0.4) is 0 Å². The standard InChI is InChI=1S/C11H8BFNO2/c1-7(10(14-2)11(15)16)12-8-3-5-9(13)6-4-8/h3-6H,1H3,(H,15,16). The van der Waals surface area contributed by atoms with E-state index in [2.05, 4.69) is 4.85 Å². The van der Waals surface area contributed by atoms with Crippen molar-refractivity contribution in [2.45, 2.75) is 6.92 Å². The Balaban J connectivity index is 2.93. The highest BCUT2D eigenvalue weighted by atomic mass is 19.1. The summed E-state index contributed by atoms with van der Waals surface area (Å²) in [5.41, 5.74) is 0.666. The molecule has 0 spiro atoms. The van der Waals surface area contributed by atoms with E-state index in [1.165, 1.54) is 38.5 Å². The Morgan fingerprint density at radius 3 is 2.44 bits per heavy atom. The van der Waals surface area contributed by atoms with Gasteiger partial charge in [0.2, 0.25) is 0 Å². The number of benzene rings is 1. The van der Waals surface area contributed by atoms with Crippen LogP contribution in [0.2, 0.25) is 0 Å². The molecule has 0 aliphatic heterocycles. The van der Waals surface area contributed by atoms with E-state index in [0.29, 0.717) is 10.9 Å². The van der Waals surface area contributed by atoms with Crippen LogP contribution in [0.1, 0.15) is 6.92 Å². The van der Waals surface area contributed by atoms with Crippen LogP contribution in [0.5, 0.6) is 0 Å². The highest BCUT2D eigenvalue weighted by molar-refractivity contribution is 6.61. The second-order valence-electron chi connectivity index (χ2n) is 3.14. The first-order valence-corrected chi connectivity index (χ1v) is 4.46. The highest BCUT2D eigenvalue weighted by Crippen LogP contribution is 2.05. The topological polar surface area (TPSA) is 41.7 Å². The second kappa shape index (κ2) is 5.12. The van der Waals surface area contributed by atoms with Crippen LogP contribution in [0.25, 0.3) is 4.85 Å². The van der Waals surface area contributed by atoms with Gasteiger partial charge in [0.1, 0.15) is 5.82 Å². The minimum absolute atomic E-state index is 0.329. The van der Waals surface area contributed by atoms with Crippen molar-refractivity contribution >= 4 is 18.7 Å². The SMILES string of the molecule is [C-]#[N+]C(C(=O)O)=C(C)[B]c1ccc(F)cc1. The molecule has 1 radical (unpaired) electrons. The quantitative estimate of drug-likeness (QED) is 0.471. The van der Waals surface area contributed by atoms with Gasteiger partial charge in [-0.05, 0) is 12.1 Å². The van der Waals surface area contributed by atoms with E-state index < -0.39 is 5.97 Å². The van der Waals surface area contributed by atoms with Gasteiger partial charge < -0.3 is 5.11 Å². The monoisotopic (exact) mass is 216 g/mol. The van der Waals surface area contributed by atoms with Gasteiger partial charge in [0, 0.05) is 0 Å². The van der Waals surface area contributed by atoms with Gasteiger partial charge in [-0.3, -0.25) is 4.79 Å². The van der Waals surface area contributed by atoms with E-state index in [4.69, 9.17) is 11.7 Å². The summed E-state index contributed by atoms with van der Waals surface area (Å²) in [7, 11) is 1.53. The normalized spacial score (nSPS) is 11.3. The summed E-state index contributed by atoms with van der Waals surface area (Å²) in [5, 5.41) is 8.71. The smallest absolute Gasteiger partial charge is 0.332 e. The molecule has 0 atom stereocenters. The molecule has 3 nitrogen and oxygen atoms in total. The van der Waals surface area contributed by atoms with E-state index >= 15 is 0 Å². The maximum Gasteiger partial charge on any atom is 0.332 e. The van der Waals surface area contributed by atoms with Crippen LogP contribution >= 0.6 is 0 Å². The number of hydrogen-bond donors (Lipinski definition) is 1. The van der Waals surface area contributed by atoms with E-state index in [0.717, 1.165) is 0 Å². The Labute approximate surface area is 93.3 Å². The first kappa shape index (κ1) is 12.0. The van der Waals surface area contributed by atoms with Crippen LogP contribution < -0.4 is 5.46 Å². The molecule has 79 valence electrons. The lowest BCUT2D eigenvalue weighted by atomic mass is 9.63. The molecule has 16 heavy (non-hydrogen) atoms. The number of rotatable bonds is 3. The second-order valence-corrected chi connectivity index (χ2v) is 3.14. The Morgan fingerprint density at radius 2 is 2.00 bits per heavy atom. The van der Waals surface area contributed by atoms with Gasteiger partial charge in [-0.1, -0.05) is 30.0 Å². The number of nitrogens with zero attached hydrogens (tertiary/aromatic N) is 1. The number of aliphatic carboxylic acids is 1. The summed E-state index contributed by atoms with van der Waals surface area (Å²) >= 11 is 0. The van der Waals surface area contributed by atoms with Crippen LogP contribution in [-0.2, 0) is 4.79 Å². The third kappa shape index (κ3) is 2.96. The molecule has 0 saturated heterocycles. The first-order chi connectivity index (χ1) is 7.54. The molecule has 0 aliphatic carbocycles. The fraction of sp³-hybridized carbons (Fsp3) is 0.0909. The molecule has 1 aromatic carbocycles. The Kier molecular flexibility index (Phi) is 3.84. The van der Waals surface area contributed by atoms with Gasteiger partial charge >= 0.3 is 5.97 Å². The molecule has 0 unspecified atom stereocenters. The Morgan fingerprint density at radius 1 is 1.44 bits per heavy atom. The average molecular weight is 216 g/mol. The Bertz CT molecular complexity index is 474. The predicted molar refractivity (Wildman–Crippen MR) is 58.7 cm³/mol. The fourth-order valence-electron chi connectivity index (χ4n) is 1.18.